The summed E-state index contributed by atoms with van der Waals surface area (Å²) >= 11 is 3.10. The number of hydrogen-bond donors (Lipinski definition) is 1. The average molecular weight is 245 g/mol. The summed E-state index contributed by atoms with van der Waals surface area (Å²) in [5, 5.41) is 9.37. The molecule has 0 radical (unpaired) electrons. The molecule has 4 heteroatoms. The van der Waals surface area contributed by atoms with Gasteiger partial charge in [0.2, 0.25) is 0 Å². The molecule has 0 aliphatic rings. The van der Waals surface area contributed by atoms with Crippen LogP contribution in [0.15, 0.2) is 16.6 Å². The van der Waals surface area contributed by atoms with E-state index in [-0.39, 0.29) is 5.75 Å². The van der Waals surface area contributed by atoms with Crippen LogP contribution in [-0.2, 0) is 4.74 Å². The number of rotatable bonds is 1. The Morgan fingerprint density at radius 3 is 2.69 bits per heavy atom. The van der Waals surface area contributed by atoms with E-state index < -0.39 is 5.97 Å². The lowest BCUT2D eigenvalue weighted by molar-refractivity contribution is 0.0599. The van der Waals surface area contributed by atoms with Crippen molar-refractivity contribution in [3.05, 3.63) is 27.7 Å². The molecule has 0 spiro atoms. The fraction of sp³-hybridized carbons (Fsp3) is 0.222. The summed E-state index contributed by atoms with van der Waals surface area (Å²) in [4.78, 5) is 11.2. The first kappa shape index (κ1) is 10.1. The number of halogens is 1. The number of benzene rings is 1. The molecule has 3 nitrogen and oxygen atoms in total. The molecule has 0 aliphatic carbocycles. The van der Waals surface area contributed by atoms with Crippen LogP contribution in [0.25, 0.3) is 0 Å². The lowest BCUT2D eigenvalue weighted by atomic mass is 10.1. The van der Waals surface area contributed by atoms with E-state index in [1.165, 1.54) is 7.11 Å². The van der Waals surface area contributed by atoms with Crippen LogP contribution in [0.2, 0.25) is 0 Å². The minimum atomic E-state index is -0.467. The molecule has 0 saturated carbocycles. The van der Waals surface area contributed by atoms with Gasteiger partial charge in [0.15, 0.2) is 0 Å². The van der Waals surface area contributed by atoms with Gasteiger partial charge in [0.25, 0.3) is 0 Å². The number of aromatic hydroxyl groups is 1. The van der Waals surface area contributed by atoms with Gasteiger partial charge in [-0.1, -0.05) is 0 Å². The Morgan fingerprint density at radius 2 is 2.15 bits per heavy atom. The minimum Gasteiger partial charge on any atom is -0.507 e. The Kier molecular flexibility index (Phi) is 2.93. The van der Waals surface area contributed by atoms with Crippen molar-refractivity contribution >= 4 is 21.9 Å². The van der Waals surface area contributed by atoms with Crippen LogP contribution in [0.4, 0.5) is 0 Å². The van der Waals surface area contributed by atoms with Crippen LogP contribution >= 0.6 is 15.9 Å². The molecule has 1 N–H and O–H groups in total. The maximum absolute atomic E-state index is 11.2. The molecule has 0 amide bonds. The smallest absolute Gasteiger partial charge is 0.339 e. The van der Waals surface area contributed by atoms with E-state index in [1.54, 1.807) is 19.1 Å². The van der Waals surface area contributed by atoms with Crippen molar-refractivity contribution in [3.63, 3.8) is 0 Å². The Morgan fingerprint density at radius 1 is 1.54 bits per heavy atom. The molecule has 0 unspecified atom stereocenters. The third kappa shape index (κ3) is 2.01. The fourth-order valence-corrected chi connectivity index (χ4v) is 1.40. The number of carbonyl (C=O) groups excluding carboxylic acids is 1. The van der Waals surface area contributed by atoms with E-state index in [0.717, 1.165) is 5.56 Å². The quantitative estimate of drug-likeness (QED) is 0.772. The van der Waals surface area contributed by atoms with E-state index in [9.17, 15) is 9.90 Å². The number of phenolic OH excluding ortho intramolecular Hbond substituents is 1. The van der Waals surface area contributed by atoms with Gasteiger partial charge >= 0.3 is 5.97 Å². The highest BCUT2D eigenvalue weighted by molar-refractivity contribution is 9.10. The van der Waals surface area contributed by atoms with Crippen LogP contribution in [-0.4, -0.2) is 18.2 Å². The normalized spacial score (nSPS) is 9.77. The van der Waals surface area contributed by atoms with Crippen LogP contribution in [0.1, 0.15) is 15.9 Å². The number of methoxy groups -OCH3 is 1. The molecule has 1 aromatic rings. The molecule has 0 aromatic heterocycles. The van der Waals surface area contributed by atoms with Crippen molar-refractivity contribution in [1.29, 1.82) is 0 Å². The van der Waals surface area contributed by atoms with E-state index in [2.05, 4.69) is 20.7 Å². The highest BCUT2D eigenvalue weighted by Crippen LogP contribution is 2.29. The number of aryl methyl sites for hydroxylation is 1. The monoisotopic (exact) mass is 244 g/mol. The van der Waals surface area contributed by atoms with Gasteiger partial charge in [0.05, 0.1) is 17.1 Å². The van der Waals surface area contributed by atoms with Crippen LogP contribution in [0.5, 0.6) is 5.75 Å². The zero-order valence-electron chi connectivity index (χ0n) is 7.30. The molecule has 13 heavy (non-hydrogen) atoms. The first-order valence-electron chi connectivity index (χ1n) is 3.63. The highest BCUT2D eigenvalue weighted by Gasteiger charge is 2.13. The second kappa shape index (κ2) is 3.79. The van der Waals surface area contributed by atoms with Gasteiger partial charge in [-0.3, -0.25) is 0 Å². The highest BCUT2D eigenvalue weighted by atomic mass is 79.9. The van der Waals surface area contributed by atoms with Crippen molar-refractivity contribution < 1.29 is 14.6 Å². The minimum absolute atomic E-state index is 0.0420. The zero-order valence-corrected chi connectivity index (χ0v) is 8.88. The first-order valence-corrected chi connectivity index (χ1v) is 4.43. The molecule has 0 aliphatic heterocycles. The van der Waals surface area contributed by atoms with Crippen molar-refractivity contribution in [3.8, 4) is 5.75 Å². The van der Waals surface area contributed by atoms with Gasteiger partial charge in [0, 0.05) is 0 Å². The maximum atomic E-state index is 11.2. The summed E-state index contributed by atoms with van der Waals surface area (Å²) in [5.74, 6) is -0.425. The van der Waals surface area contributed by atoms with Crippen LogP contribution in [0, 0.1) is 6.92 Å². The predicted molar refractivity (Wildman–Crippen MR) is 51.9 cm³/mol. The van der Waals surface area contributed by atoms with Gasteiger partial charge in [0.1, 0.15) is 5.75 Å². The van der Waals surface area contributed by atoms with E-state index in [0.29, 0.717) is 10.0 Å². The molecule has 70 valence electrons. The SMILES string of the molecule is COC(=O)c1cc(C)cc(O)c1Br. The molecule has 0 heterocycles. The lowest BCUT2D eigenvalue weighted by Gasteiger charge is -2.05. The zero-order chi connectivity index (χ0) is 10.0. The van der Waals surface area contributed by atoms with Crippen molar-refractivity contribution in [1.82, 2.24) is 0 Å². The second-order valence-corrected chi connectivity index (χ2v) is 3.43. The summed E-state index contributed by atoms with van der Waals surface area (Å²) in [6, 6.07) is 3.21. The van der Waals surface area contributed by atoms with Gasteiger partial charge in [-0.05, 0) is 40.5 Å². The first-order chi connectivity index (χ1) is 6.06. The number of hydrogen-bond acceptors (Lipinski definition) is 3. The number of esters is 1. The van der Waals surface area contributed by atoms with Crippen LogP contribution < -0.4 is 0 Å². The Bertz CT molecular complexity index is 347. The fourth-order valence-electron chi connectivity index (χ4n) is 1.01. The third-order valence-electron chi connectivity index (χ3n) is 1.60. The molecule has 1 aromatic carbocycles. The number of ether oxygens (including phenoxy) is 1. The Hall–Kier alpha value is -1.03. The Labute approximate surface area is 84.5 Å². The second-order valence-electron chi connectivity index (χ2n) is 2.64. The van der Waals surface area contributed by atoms with Gasteiger partial charge < -0.3 is 9.84 Å². The van der Waals surface area contributed by atoms with Crippen molar-refractivity contribution in [2.45, 2.75) is 6.92 Å². The summed E-state index contributed by atoms with van der Waals surface area (Å²) in [6.07, 6.45) is 0. The van der Waals surface area contributed by atoms with Crippen molar-refractivity contribution in [2.75, 3.05) is 7.11 Å². The number of carbonyl (C=O) groups is 1. The summed E-state index contributed by atoms with van der Waals surface area (Å²) in [6.45, 7) is 1.79. The largest absolute Gasteiger partial charge is 0.507 e. The van der Waals surface area contributed by atoms with E-state index >= 15 is 0 Å². The van der Waals surface area contributed by atoms with Crippen LogP contribution in [0.3, 0.4) is 0 Å². The molecular formula is C9H9BrO3. The van der Waals surface area contributed by atoms with Gasteiger partial charge in [-0.15, -0.1) is 0 Å². The molecule has 1 rings (SSSR count). The maximum Gasteiger partial charge on any atom is 0.339 e. The molecule has 0 fully saturated rings. The summed E-state index contributed by atoms with van der Waals surface area (Å²) in [7, 11) is 1.30. The number of phenols is 1. The van der Waals surface area contributed by atoms with Gasteiger partial charge in [-0.25, -0.2) is 4.79 Å². The third-order valence-corrected chi connectivity index (χ3v) is 2.44. The summed E-state index contributed by atoms with van der Waals surface area (Å²) < 4.78 is 4.91. The molecule has 0 atom stereocenters. The standard InChI is InChI=1S/C9H9BrO3/c1-5-3-6(9(12)13-2)8(10)7(11)4-5/h3-4,11H,1-2H3. The topological polar surface area (TPSA) is 46.5 Å². The van der Waals surface area contributed by atoms with Gasteiger partial charge in [-0.2, -0.15) is 0 Å². The summed E-state index contributed by atoms with van der Waals surface area (Å²) in [5.41, 5.74) is 1.14. The molecule has 0 saturated heterocycles. The predicted octanol–water partition coefficient (Wildman–Crippen LogP) is 2.25. The van der Waals surface area contributed by atoms with E-state index in [4.69, 9.17) is 0 Å². The van der Waals surface area contributed by atoms with E-state index in [1.807, 2.05) is 0 Å². The molecular weight excluding hydrogens is 236 g/mol. The lowest BCUT2D eigenvalue weighted by Crippen LogP contribution is -2.02. The van der Waals surface area contributed by atoms with Crippen molar-refractivity contribution in [2.24, 2.45) is 0 Å². The molecule has 0 bridgehead atoms. The Balaban J connectivity index is 3.28. The average Bonchev–Trinajstić information content (AvgIpc) is 2.10.